The largest absolute Gasteiger partial charge is 0.367 e. The van der Waals surface area contributed by atoms with E-state index in [9.17, 15) is 18.8 Å². The number of imide groups is 1. The second kappa shape index (κ2) is 10.8. The lowest BCUT2D eigenvalue weighted by Gasteiger charge is -2.41. The van der Waals surface area contributed by atoms with E-state index in [-0.39, 0.29) is 41.4 Å². The van der Waals surface area contributed by atoms with Gasteiger partial charge in [-0.25, -0.2) is 4.39 Å². The van der Waals surface area contributed by atoms with Crippen molar-refractivity contribution in [3.63, 3.8) is 0 Å². The molecule has 0 spiro atoms. The van der Waals surface area contributed by atoms with Crippen LogP contribution in [0, 0.1) is 23.1 Å². The molecule has 46 heavy (non-hydrogen) atoms. The van der Waals surface area contributed by atoms with Crippen molar-refractivity contribution in [2.75, 3.05) is 36.4 Å². The smallest absolute Gasteiger partial charge is 0.256 e. The maximum Gasteiger partial charge on any atom is 0.256 e. The summed E-state index contributed by atoms with van der Waals surface area (Å²) in [6.45, 7) is 2.99. The number of carbonyl (C=O) groups excluding carboxylic acids is 3. The molecule has 4 aliphatic rings. The van der Waals surface area contributed by atoms with Crippen LogP contribution in [0.4, 0.5) is 15.8 Å². The topological polar surface area (TPSA) is 106 Å². The number of amides is 3. The number of rotatable bonds is 6. The number of piperazine rings is 1. The average Bonchev–Trinajstić information content (AvgIpc) is 3.82. The van der Waals surface area contributed by atoms with E-state index in [1.807, 2.05) is 36.4 Å². The first kappa shape index (κ1) is 28.4. The van der Waals surface area contributed by atoms with Crippen molar-refractivity contribution in [3.05, 3.63) is 106 Å². The van der Waals surface area contributed by atoms with Gasteiger partial charge in [-0.15, -0.1) is 0 Å². The Balaban J connectivity index is 1.09. The molecule has 2 N–H and O–H groups in total. The van der Waals surface area contributed by atoms with Gasteiger partial charge in [0.1, 0.15) is 5.82 Å². The maximum absolute atomic E-state index is 14.7. The fraction of sp³-hybridized carbons (Fsp3) is 0.297. The van der Waals surface area contributed by atoms with E-state index < -0.39 is 5.92 Å². The Morgan fingerprint density at radius 2 is 1.70 bits per heavy atom. The fourth-order valence-electron chi connectivity index (χ4n) is 7.96. The predicted octanol–water partition coefficient (Wildman–Crippen LogP) is 5.41. The fourth-order valence-corrected chi connectivity index (χ4v) is 7.96. The molecular weight excluding hydrogens is 581 g/mol. The second-order valence-corrected chi connectivity index (χ2v) is 12.8. The Morgan fingerprint density at radius 3 is 2.39 bits per heavy atom. The van der Waals surface area contributed by atoms with Crippen molar-refractivity contribution in [1.29, 1.82) is 5.26 Å². The van der Waals surface area contributed by atoms with Crippen molar-refractivity contribution in [3.8, 4) is 6.07 Å². The van der Waals surface area contributed by atoms with Crippen LogP contribution in [0.1, 0.15) is 64.2 Å². The van der Waals surface area contributed by atoms with Gasteiger partial charge in [0.25, 0.3) is 5.91 Å². The summed E-state index contributed by atoms with van der Waals surface area (Å²) in [5, 5.41) is 16.4. The molecule has 1 aliphatic carbocycles. The summed E-state index contributed by atoms with van der Waals surface area (Å²) >= 11 is 0. The lowest BCUT2D eigenvalue weighted by molar-refractivity contribution is -0.136. The molecule has 2 atom stereocenters. The number of halogens is 1. The monoisotopic (exact) mass is 613 g/mol. The molecule has 0 bridgehead atoms. The van der Waals surface area contributed by atoms with Crippen LogP contribution >= 0.6 is 0 Å². The number of benzene rings is 4. The van der Waals surface area contributed by atoms with Crippen LogP contribution in [0.3, 0.4) is 0 Å². The summed E-state index contributed by atoms with van der Waals surface area (Å²) in [5.74, 6) is -1.74. The Morgan fingerprint density at radius 1 is 0.913 bits per heavy atom. The quantitative estimate of drug-likeness (QED) is 0.282. The summed E-state index contributed by atoms with van der Waals surface area (Å²) < 4.78 is 14.7. The number of piperidine rings is 1. The highest BCUT2D eigenvalue weighted by molar-refractivity contribution is 6.24. The second-order valence-electron chi connectivity index (χ2n) is 12.8. The minimum Gasteiger partial charge on any atom is -0.367 e. The average molecular weight is 614 g/mol. The Labute approximate surface area is 265 Å². The molecule has 3 heterocycles. The minimum absolute atomic E-state index is 0.0635. The molecule has 8 rings (SSSR count). The van der Waals surface area contributed by atoms with Crippen LogP contribution in [0.5, 0.6) is 0 Å². The zero-order chi connectivity index (χ0) is 31.6. The molecule has 1 saturated carbocycles. The predicted molar refractivity (Wildman–Crippen MR) is 172 cm³/mol. The van der Waals surface area contributed by atoms with Gasteiger partial charge < -0.3 is 10.2 Å². The van der Waals surface area contributed by atoms with Crippen LogP contribution < -0.4 is 15.5 Å². The zero-order valence-electron chi connectivity index (χ0n) is 25.2. The van der Waals surface area contributed by atoms with Crippen LogP contribution in [0.25, 0.3) is 10.8 Å². The van der Waals surface area contributed by atoms with Crippen molar-refractivity contribution >= 4 is 39.9 Å². The molecule has 9 heteroatoms. The van der Waals surface area contributed by atoms with Crippen LogP contribution in [0.15, 0.2) is 72.8 Å². The molecule has 2 unspecified atom stereocenters. The maximum atomic E-state index is 14.7. The Hall–Kier alpha value is -5.07. The standard InChI is InChI=1S/C37H32FN5O3/c38-29-20-22(21-39)4-12-31(29)42-16-18-43(19-17-42)37(14-15-37)24-7-5-23(6-8-24)33(28-10-13-32(44)41-36(28)46)26-9-11-30-34-25(26)2-1-3-27(34)35(45)40-30/h1-9,11-12,20,28,33H,10,13-19H2,(H,40,45)(H,41,44,46). The van der Waals surface area contributed by atoms with Gasteiger partial charge in [-0.1, -0.05) is 42.5 Å². The normalized spacial score (nSPS) is 21.1. The van der Waals surface area contributed by atoms with E-state index >= 15 is 0 Å². The lowest BCUT2D eigenvalue weighted by atomic mass is 9.75. The lowest BCUT2D eigenvalue weighted by Crippen LogP contribution is -2.50. The van der Waals surface area contributed by atoms with E-state index in [2.05, 4.69) is 44.7 Å². The highest BCUT2D eigenvalue weighted by atomic mass is 19.1. The first-order chi connectivity index (χ1) is 22.4. The number of nitriles is 1. The van der Waals surface area contributed by atoms with Gasteiger partial charge in [0.05, 0.1) is 17.3 Å². The van der Waals surface area contributed by atoms with Crippen LogP contribution in [-0.4, -0.2) is 48.8 Å². The molecule has 4 aromatic rings. The van der Waals surface area contributed by atoms with Crippen molar-refractivity contribution in [2.45, 2.75) is 37.1 Å². The zero-order valence-corrected chi connectivity index (χ0v) is 25.2. The van der Waals surface area contributed by atoms with Gasteiger partial charge in [-0.3, -0.25) is 24.6 Å². The number of hydrogen-bond donors (Lipinski definition) is 2. The minimum atomic E-state index is -0.434. The Bertz CT molecular complexity index is 1970. The van der Waals surface area contributed by atoms with Crippen molar-refractivity contribution in [1.82, 2.24) is 10.2 Å². The van der Waals surface area contributed by atoms with E-state index in [4.69, 9.17) is 5.26 Å². The van der Waals surface area contributed by atoms with Gasteiger partial charge in [0.2, 0.25) is 11.8 Å². The van der Waals surface area contributed by atoms with E-state index in [1.165, 1.54) is 11.6 Å². The number of carbonyl (C=O) groups is 3. The van der Waals surface area contributed by atoms with Gasteiger partial charge >= 0.3 is 0 Å². The number of anilines is 2. The molecule has 230 valence electrons. The van der Waals surface area contributed by atoms with E-state index in [0.29, 0.717) is 36.3 Å². The molecule has 3 aliphatic heterocycles. The van der Waals surface area contributed by atoms with Gasteiger partial charge in [0.15, 0.2) is 0 Å². The number of nitrogens with one attached hydrogen (secondary N) is 2. The van der Waals surface area contributed by atoms with E-state index in [0.717, 1.165) is 53.5 Å². The third-order valence-corrected chi connectivity index (χ3v) is 10.4. The number of nitrogens with zero attached hydrogens (tertiary/aromatic N) is 3. The summed E-state index contributed by atoms with van der Waals surface area (Å²) in [4.78, 5) is 42.6. The van der Waals surface area contributed by atoms with Gasteiger partial charge in [-0.05, 0) is 71.7 Å². The molecular formula is C37H32FN5O3. The van der Waals surface area contributed by atoms with Crippen molar-refractivity contribution in [2.24, 2.45) is 5.92 Å². The van der Waals surface area contributed by atoms with Gasteiger partial charge in [-0.2, -0.15) is 5.26 Å². The summed E-state index contributed by atoms with van der Waals surface area (Å²) in [5.41, 5.74) is 5.38. The summed E-state index contributed by atoms with van der Waals surface area (Å²) in [7, 11) is 0. The van der Waals surface area contributed by atoms with Crippen LogP contribution in [-0.2, 0) is 15.1 Å². The Kier molecular flexibility index (Phi) is 6.66. The third-order valence-electron chi connectivity index (χ3n) is 10.4. The molecule has 0 aromatic heterocycles. The molecule has 8 nitrogen and oxygen atoms in total. The van der Waals surface area contributed by atoms with Crippen LogP contribution in [0.2, 0.25) is 0 Å². The molecule has 3 amide bonds. The third kappa shape index (κ3) is 4.55. The summed E-state index contributed by atoms with van der Waals surface area (Å²) in [6.07, 6.45) is 2.83. The first-order valence-corrected chi connectivity index (χ1v) is 15.9. The highest BCUT2D eigenvalue weighted by Gasteiger charge is 2.50. The SMILES string of the molecule is N#Cc1ccc(N2CCN(C3(c4ccc(C(c5ccc6c7c(cccc57)C(=O)N6)C5CCC(=O)NC5=O)cc4)CC3)CC2)c(F)c1. The summed E-state index contributed by atoms with van der Waals surface area (Å²) in [6, 6.07) is 24.9. The molecule has 3 fully saturated rings. The van der Waals surface area contributed by atoms with E-state index in [1.54, 1.807) is 12.1 Å². The highest BCUT2D eigenvalue weighted by Crippen LogP contribution is 2.52. The first-order valence-electron chi connectivity index (χ1n) is 15.9. The van der Waals surface area contributed by atoms with Gasteiger partial charge in [0, 0.05) is 66.6 Å². The molecule has 4 aromatic carbocycles. The molecule has 0 radical (unpaired) electrons. The molecule has 2 saturated heterocycles. The van der Waals surface area contributed by atoms with Crippen molar-refractivity contribution < 1.29 is 18.8 Å². The number of hydrogen-bond acceptors (Lipinski definition) is 6.